The fraction of sp³-hybridized carbons (Fsp3) is 0.636. The predicted molar refractivity (Wildman–Crippen MR) is 70.3 cm³/mol. The molecule has 0 amide bonds. The van der Waals surface area contributed by atoms with Crippen LogP contribution in [0.1, 0.15) is 31.2 Å². The van der Waals surface area contributed by atoms with Gasteiger partial charge in [0.2, 0.25) is 0 Å². The number of aromatic nitrogens is 2. The normalized spacial score (nSPS) is 12.6. The Morgan fingerprint density at radius 1 is 1.28 bits per heavy atom. The first-order chi connectivity index (χ1) is 8.49. The Kier molecular flexibility index (Phi) is 5.26. The van der Waals surface area contributed by atoms with E-state index in [-0.39, 0.29) is 19.1 Å². The molecule has 1 aromatic rings. The number of aliphatic hydroxyl groups is 2. The van der Waals surface area contributed by atoms with Gasteiger partial charge in [0.1, 0.15) is 17.5 Å². The van der Waals surface area contributed by atoms with E-state index < -0.39 is 6.10 Å². The average molecular weight is 255 g/mol. The molecule has 1 atom stereocenters. The zero-order valence-corrected chi connectivity index (χ0v) is 10.9. The highest BCUT2D eigenvalue weighted by Gasteiger charge is 2.13. The number of nitrogens with one attached hydrogen (secondary N) is 2. The Balaban J connectivity index is 2.97. The van der Waals surface area contributed by atoms with E-state index in [2.05, 4.69) is 20.7 Å². The zero-order chi connectivity index (χ0) is 13.7. The predicted octanol–water partition coefficient (Wildman–Crippen LogP) is -0.0409. The Labute approximate surface area is 106 Å². The maximum absolute atomic E-state index is 9.32. The van der Waals surface area contributed by atoms with Crippen molar-refractivity contribution in [2.45, 2.75) is 32.8 Å². The first-order valence-electron chi connectivity index (χ1n) is 5.87. The smallest absolute Gasteiger partial charge is 0.148 e. The van der Waals surface area contributed by atoms with E-state index in [0.717, 1.165) is 5.56 Å². The summed E-state index contributed by atoms with van der Waals surface area (Å²) in [7, 11) is 0. The molecule has 0 fully saturated rings. The number of hydrogen-bond acceptors (Lipinski definition) is 7. The Bertz CT molecular complexity index is 397. The number of anilines is 2. The minimum Gasteiger partial charge on any atom is -0.394 e. The fourth-order valence-corrected chi connectivity index (χ4v) is 1.38. The van der Waals surface area contributed by atoms with Crippen LogP contribution in [0.5, 0.6) is 0 Å². The van der Waals surface area contributed by atoms with Crippen LogP contribution in [0.3, 0.4) is 0 Å². The van der Waals surface area contributed by atoms with Gasteiger partial charge in [0, 0.05) is 18.0 Å². The van der Waals surface area contributed by atoms with Crippen molar-refractivity contribution in [3.8, 4) is 0 Å². The second-order valence-corrected chi connectivity index (χ2v) is 4.42. The lowest BCUT2D eigenvalue weighted by Gasteiger charge is -2.16. The molecule has 7 nitrogen and oxygen atoms in total. The molecule has 0 aliphatic heterocycles. The van der Waals surface area contributed by atoms with Gasteiger partial charge in [-0.05, 0) is 6.92 Å². The molecule has 0 bridgehead atoms. The van der Waals surface area contributed by atoms with Gasteiger partial charge < -0.3 is 21.0 Å². The van der Waals surface area contributed by atoms with Gasteiger partial charge in [-0.15, -0.1) is 0 Å². The van der Waals surface area contributed by atoms with Crippen LogP contribution in [0.4, 0.5) is 11.6 Å². The quantitative estimate of drug-likeness (QED) is 0.357. The first-order valence-corrected chi connectivity index (χ1v) is 5.87. The summed E-state index contributed by atoms with van der Waals surface area (Å²) in [6.45, 7) is 5.72. The Morgan fingerprint density at radius 2 is 1.89 bits per heavy atom. The van der Waals surface area contributed by atoms with Gasteiger partial charge in [-0.2, -0.15) is 0 Å². The van der Waals surface area contributed by atoms with Gasteiger partial charge in [-0.1, -0.05) is 13.8 Å². The summed E-state index contributed by atoms with van der Waals surface area (Å²) >= 11 is 0. The highest BCUT2D eigenvalue weighted by molar-refractivity contribution is 5.56. The van der Waals surface area contributed by atoms with Crippen molar-refractivity contribution >= 4 is 11.6 Å². The van der Waals surface area contributed by atoms with Gasteiger partial charge in [0.15, 0.2) is 0 Å². The summed E-state index contributed by atoms with van der Waals surface area (Å²) < 4.78 is 0. The van der Waals surface area contributed by atoms with Crippen molar-refractivity contribution in [3.63, 3.8) is 0 Å². The minimum absolute atomic E-state index is 0.168. The van der Waals surface area contributed by atoms with Crippen molar-refractivity contribution in [1.82, 2.24) is 9.97 Å². The Hall–Kier alpha value is -1.44. The van der Waals surface area contributed by atoms with Crippen LogP contribution in [0, 0.1) is 6.92 Å². The summed E-state index contributed by atoms with van der Waals surface area (Å²) in [5.41, 5.74) is 3.30. The minimum atomic E-state index is -0.823. The third-order valence-corrected chi connectivity index (χ3v) is 2.53. The number of aliphatic hydroxyl groups excluding tert-OH is 2. The molecule has 1 rings (SSSR count). The number of nitrogens with two attached hydrogens (primary N) is 1. The zero-order valence-electron chi connectivity index (χ0n) is 10.9. The van der Waals surface area contributed by atoms with Crippen LogP contribution < -0.4 is 16.6 Å². The van der Waals surface area contributed by atoms with E-state index in [4.69, 9.17) is 10.9 Å². The molecule has 0 aliphatic rings. The van der Waals surface area contributed by atoms with Gasteiger partial charge in [-0.25, -0.2) is 15.8 Å². The van der Waals surface area contributed by atoms with E-state index in [1.807, 2.05) is 20.8 Å². The molecule has 1 aromatic heterocycles. The molecule has 0 aromatic carbocycles. The van der Waals surface area contributed by atoms with Crippen molar-refractivity contribution in [2.75, 3.05) is 23.9 Å². The van der Waals surface area contributed by atoms with E-state index in [1.54, 1.807) is 0 Å². The number of hydrazine groups is 1. The summed E-state index contributed by atoms with van der Waals surface area (Å²) in [5.74, 6) is 7.40. The molecule has 0 saturated carbocycles. The van der Waals surface area contributed by atoms with Gasteiger partial charge >= 0.3 is 0 Å². The van der Waals surface area contributed by atoms with Crippen LogP contribution in [0.25, 0.3) is 0 Å². The third kappa shape index (κ3) is 3.52. The summed E-state index contributed by atoms with van der Waals surface area (Å²) in [5, 5.41) is 21.1. The number of nitrogens with zero attached hydrogens (tertiary/aromatic N) is 2. The van der Waals surface area contributed by atoms with Gasteiger partial charge in [-0.3, -0.25) is 0 Å². The molecule has 1 unspecified atom stereocenters. The molecule has 0 saturated heterocycles. The fourth-order valence-electron chi connectivity index (χ4n) is 1.38. The first kappa shape index (κ1) is 14.6. The number of rotatable bonds is 6. The summed E-state index contributed by atoms with van der Waals surface area (Å²) in [6.07, 6.45) is -0.823. The van der Waals surface area contributed by atoms with Crippen LogP contribution in [-0.4, -0.2) is 39.4 Å². The summed E-state index contributed by atoms with van der Waals surface area (Å²) in [4.78, 5) is 8.68. The summed E-state index contributed by atoms with van der Waals surface area (Å²) in [6, 6.07) is 0. The number of nitrogen functional groups attached to an aromatic ring is 1. The highest BCUT2D eigenvalue weighted by atomic mass is 16.3. The molecule has 0 aliphatic carbocycles. The van der Waals surface area contributed by atoms with Crippen LogP contribution in [0.15, 0.2) is 0 Å². The second-order valence-electron chi connectivity index (χ2n) is 4.42. The maximum atomic E-state index is 9.32. The van der Waals surface area contributed by atoms with Gasteiger partial charge in [0.05, 0.1) is 12.7 Å². The molecular weight excluding hydrogens is 234 g/mol. The Morgan fingerprint density at radius 3 is 2.39 bits per heavy atom. The lowest BCUT2D eigenvalue weighted by Crippen LogP contribution is -2.24. The molecule has 6 N–H and O–H groups in total. The van der Waals surface area contributed by atoms with Gasteiger partial charge in [0.25, 0.3) is 0 Å². The van der Waals surface area contributed by atoms with Crippen molar-refractivity contribution in [3.05, 3.63) is 11.4 Å². The molecule has 0 spiro atoms. The third-order valence-electron chi connectivity index (χ3n) is 2.53. The van der Waals surface area contributed by atoms with E-state index >= 15 is 0 Å². The molecule has 7 heteroatoms. The lowest BCUT2D eigenvalue weighted by atomic mass is 10.2. The standard InChI is InChI=1S/C11H21N5O2/c1-6(2)9-14-10(13-4-8(18)5-17)7(3)11(15-9)16-12/h6,8,17-18H,4-5,12H2,1-3H3,(H2,13,14,15,16). The topological polar surface area (TPSA) is 116 Å². The molecular formula is C11H21N5O2. The van der Waals surface area contributed by atoms with Crippen molar-refractivity contribution in [2.24, 2.45) is 5.84 Å². The molecule has 18 heavy (non-hydrogen) atoms. The van der Waals surface area contributed by atoms with Crippen LogP contribution >= 0.6 is 0 Å². The van der Waals surface area contributed by atoms with Crippen molar-refractivity contribution in [1.29, 1.82) is 0 Å². The largest absolute Gasteiger partial charge is 0.394 e. The lowest BCUT2D eigenvalue weighted by molar-refractivity contribution is 0.105. The van der Waals surface area contributed by atoms with E-state index in [9.17, 15) is 5.11 Å². The van der Waals surface area contributed by atoms with Crippen LogP contribution in [0.2, 0.25) is 0 Å². The SMILES string of the molecule is Cc1c(NN)nc(C(C)C)nc1NCC(O)CO. The van der Waals surface area contributed by atoms with E-state index in [1.165, 1.54) is 0 Å². The molecule has 102 valence electrons. The second kappa shape index (κ2) is 6.48. The van der Waals surface area contributed by atoms with E-state index in [0.29, 0.717) is 17.5 Å². The molecule has 1 heterocycles. The van der Waals surface area contributed by atoms with Crippen molar-refractivity contribution < 1.29 is 10.2 Å². The molecule has 0 radical (unpaired) electrons. The highest BCUT2D eigenvalue weighted by Crippen LogP contribution is 2.22. The van der Waals surface area contributed by atoms with Crippen LogP contribution in [-0.2, 0) is 0 Å². The monoisotopic (exact) mass is 255 g/mol. The average Bonchev–Trinajstić information content (AvgIpc) is 2.36. The maximum Gasteiger partial charge on any atom is 0.148 e. The number of hydrogen-bond donors (Lipinski definition) is 5.